The van der Waals surface area contributed by atoms with Crippen molar-refractivity contribution in [2.75, 3.05) is 18.1 Å². The highest BCUT2D eigenvalue weighted by atomic mass is 32.1. The Morgan fingerprint density at radius 2 is 1.89 bits per heavy atom. The van der Waals surface area contributed by atoms with Gasteiger partial charge in [0.1, 0.15) is 0 Å². The van der Waals surface area contributed by atoms with Crippen LogP contribution in [0.3, 0.4) is 0 Å². The maximum Gasteiger partial charge on any atom is 0.227 e. The van der Waals surface area contributed by atoms with Crippen LogP contribution < -0.4 is 10.2 Å². The van der Waals surface area contributed by atoms with E-state index in [-0.39, 0.29) is 29.8 Å². The number of thiophene rings is 1. The number of anilines is 1. The van der Waals surface area contributed by atoms with Gasteiger partial charge in [0.15, 0.2) is 0 Å². The molecule has 5 nitrogen and oxygen atoms in total. The number of nitrogens with one attached hydrogen (secondary N) is 1. The number of aryl methyl sites for hydroxylation is 1. The first-order chi connectivity index (χ1) is 13.6. The van der Waals surface area contributed by atoms with E-state index >= 15 is 0 Å². The quantitative estimate of drug-likeness (QED) is 0.851. The minimum absolute atomic E-state index is 0.0508. The molecule has 0 radical (unpaired) electrons. The van der Waals surface area contributed by atoms with Gasteiger partial charge in [-0.2, -0.15) is 0 Å². The predicted molar refractivity (Wildman–Crippen MR) is 110 cm³/mol. The van der Waals surface area contributed by atoms with Crippen molar-refractivity contribution >= 4 is 28.8 Å². The van der Waals surface area contributed by atoms with E-state index in [2.05, 4.69) is 5.32 Å². The Labute approximate surface area is 169 Å². The lowest BCUT2D eigenvalue weighted by atomic mass is 9.86. The van der Waals surface area contributed by atoms with Crippen molar-refractivity contribution < 1.29 is 14.3 Å². The van der Waals surface area contributed by atoms with E-state index < -0.39 is 0 Å². The van der Waals surface area contributed by atoms with Crippen molar-refractivity contribution in [3.63, 3.8) is 0 Å². The van der Waals surface area contributed by atoms with Crippen LogP contribution in [0.25, 0.3) is 0 Å². The molecule has 2 atom stereocenters. The second-order valence-electron chi connectivity index (χ2n) is 7.60. The number of nitrogens with zero attached hydrogens (tertiary/aromatic N) is 1. The van der Waals surface area contributed by atoms with Crippen molar-refractivity contribution in [2.45, 2.75) is 44.7 Å². The van der Waals surface area contributed by atoms with Gasteiger partial charge in [-0.05, 0) is 49.8 Å². The molecular formula is C22H26N2O3S. The standard InChI is InChI=1S/C22H26N2O3S/c1-15-4-6-17(7-5-15)24-20(25)9-8-18(21(24)19-3-2-14-28-19)22(26)23-16-10-12-27-13-11-16/h2-7,14,16,18,21H,8-13H2,1H3,(H,23,26)/t18-,21+/m0/s1. The van der Waals surface area contributed by atoms with Crippen molar-refractivity contribution in [3.05, 3.63) is 52.2 Å². The number of hydrogen-bond donors (Lipinski definition) is 1. The molecule has 0 bridgehead atoms. The summed E-state index contributed by atoms with van der Waals surface area (Å²) in [6, 6.07) is 11.9. The Hall–Kier alpha value is -2.18. The Morgan fingerprint density at radius 1 is 1.14 bits per heavy atom. The molecule has 6 heteroatoms. The average molecular weight is 399 g/mol. The third-order valence-electron chi connectivity index (χ3n) is 5.65. The number of rotatable bonds is 4. The third-order valence-corrected chi connectivity index (χ3v) is 6.59. The minimum Gasteiger partial charge on any atom is -0.381 e. The van der Waals surface area contributed by atoms with Crippen molar-refractivity contribution in [1.82, 2.24) is 5.32 Å². The summed E-state index contributed by atoms with van der Waals surface area (Å²) < 4.78 is 5.40. The summed E-state index contributed by atoms with van der Waals surface area (Å²) in [5.74, 6) is -0.118. The van der Waals surface area contributed by atoms with Gasteiger partial charge >= 0.3 is 0 Å². The van der Waals surface area contributed by atoms with Crippen LogP contribution in [0.1, 0.15) is 42.2 Å². The fourth-order valence-corrected chi connectivity index (χ4v) is 4.99. The molecular weight excluding hydrogens is 372 g/mol. The van der Waals surface area contributed by atoms with Gasteiger partial charge in [-0.1, -0.05) is 23.8 Å². The van der Waals surface area contributed by atoms with Gasteiger partial charge < -0.3 is 15.0 Å². The first-order valence-electron chi connectivity index (χ1n) is 9.94. The highest BCUT2D eigenvalue weighted by molar-refractivity contribution is 7.10. The van der Waals surface area contributed by atoms with Gasteiger partial charge in [-0.25, -0.2) is 0 Å². The van der Waals surface area contributed by atoms with E-state index in [9.17, 15) is 9.59 Å². The molecule has 2 aliphatic heterocycles. The second kappa shape index (κ2) is 8.45. The first-order valence-corrected chi connectivity index (χ1v) is 10.8. The summed E-state index contributed by atoms with van der Waals surface area (Å²) in [5, 5.41) is 5.23. The van der Waals surface area contributed by atoms with Crippen LogP contribution in [0.4, 0.5) is 5.69 Å². The summed E-state index contributed by atoms with van der Waals surface area (Å²) in [5.41, 5.74) is 2.01. The lowest BCUT2D eigenvalue weighted by Gasteiger charge is -2.40. The molecule has 1 aromatic heterocycles. The maximum atomic E-state index is 13.2. The highest BCUT2D eigenvalue weighted by Crippen LogP contribution is 2.41. The van der Waals surface area contributed by atoms with Crippen LogP contribution >= 0.6 is 11.3 Å². The van der Waals surface area contributed by atoms with E-state index in [1.54, 1.807) is 11.3 Å². The fourth-order valence-electron chi connectivity index (χ4n) is 4.11. The summed E-state index contributed by atoms with van der Waals surface area (Å²) in [4.78, 5) is 29.0. The molecule has 3 heterocycles. The van der Waals surface area contributed by atoms with Crippen molar-refractivity contribution in [1.29, 1.82) is 0 Å². The Morgan fingerprint density at radius 3 is 2.57 bits per heavy atom. The molecule has 2 aromatic rings. The zero-order valence-corrected chi connectivity index (χ0v) is 16.9. The van der Waals surface area contributed by atoms with Crippen LogP contribution in [-0.2, 0) is 14.3 Å². The molecule has 148 valence electrons. The normalized spacial score (nSPS) is 23.6. The maximum absolute atomic E-state index is 13.2. The molecule has 1 aromatic carbocycles. The Balaban J connectivity index is 1.64. The monoisotopic (exact) mass is 398 g/mol. The lowest BCUT2D eigenvalue weighted by molar-refractivity contribution is -0.130. The highest BCUT2D eigenvalue weighted by Gasteiger charge is 2.42. The number of carbonyl (C=O) groups is 2. The SMILES string of the molecule is Cc1ccc(N2C(=O)CC[C@H](C(=O)NC3CCOCC3)[C@@H]2c2cccs2)cc1. The molecule has 0 unspecified atom stereocenters. The average Bonchev–Trinajstić information content (AvgIpc) is 3.24. The predicted octanol–water partition coefficient (Wildman–Crippen LogP) is 3.84. The van der Waals surface area contributed by atoms with Gasteiger partial charge in [-0.15, -0.1) is 11.3 Å². The largest absolute Gasteiger partial charge is 0.381 e. The molecule has 28 heavy (non-hydrogen) atoms. The van der Waals surface area contributed by atoms with Crippen LogP contribution in [0.2, 0.25) is 0 Å². The number of carbonyl (C=O) groups excluding carboxylic acids is 2. The van der Waals surface area contributed by atoms with Gasteiger partial charge in [0.25, 0.3) is 0 Å². The molecule has 2 amide bonds. The molecule has 2 aliphatic rings. The smallest absolute Gasteiger partial charge is 0.227 e. The van der Waals surface area contributed by atoms with Gasteiger partial charge in [0, 0.05) is 36.2 Å². The third kappa shape index (κ3) is 3.98. The zero-order chi connectivity index (χ0) is 19.5. The molecule has 0 saturated carbocycles. The summed E-state index contributed by atoms with van der Waals surface area (Å²) in [6.45, 7) is 3.42. The number of piperidine rings is 1. The van der Waals surface area contributed by atoms with E-state index in [1.165, 1.54) is 0 Å². The van der Waals surface area contributed by atoms with Crippen LogP contribution in [0, 0.1) is 12.8 Å². The van der Waals surface area contributed by atoms with Gasteiger partial charge in [0.2, 0.25) is 11.8 Å². The number of hydrogen-bond acceptors (Lipinski definition) is 4. The van der Waals surface area contributed by atoms with Gasteiger partial charge in [0.05, 0.1) is 12.0 Å². The van der Waals surface area contributed by atoms with Crippen LogP contribution in [0.5, 0.6) is 0 Å². The number of amides is 2. The van der Waals surface area contributed by atoms with E-state index in [0.717, 1.165) is 29.0 Å². The molecule has 2 saturated heterocycles. The Kier molecular flexibility index (Phi) is 5.78. The second-order valence-corrected chi connectivity index (χ2v) is 8.58. The van der Waals surface area contributed by atoms with Crippen molar-refractivity contribution in [3.8, 4) is 0 Å². The van der Waals surface area contributed by atoms with Gasteiger partial charge in [-0.3, -0.25) is 9.59 Å². The lowest BCUT2D eigenvalue weighted by Crippen LogP contribution is -2.50. The van der Waals surface area contributed by atoms with Crippen LogP contribution in [-0.4, -0.2) is 31.1 Å². The summed E-state index contributed by atoms with van der Waals surface area (Å²) in [6.07, 6.45) is 2.67. The topological polar surface area (TPSA) is 58.6 Å². The Bertz CT molecular complexity index is 813. The van der Waals surface area contributed by atoms with E-state index in [0.29, 0.717) is 26.1 Å². The first kappa shape index (κ1) is 19.2. The molecule has 0 spiro atoms. The summed E-state index contributed by atoms with van der Waals surface area (Å²) >= 11 is 1.61. The number of benzene rings is 1. The molecule has 4 rings (SSSR count). The van der Waals surface area contributed by atoms with Crippen LogP contribution in [0.15, 0.2) is 41.8 Å². The summed E-state index contributed by atoms with van der Waals surface area (Å²) in [7, 11) is 0. The molecule has 0 aliphatic carbocycles. The van der Waals surface area contributed by atoms with E-state index in [4.69, 9.17) is 4.74 Å². The number of ether oxygens (including phenoxy) is 1. The minimum atomic E-state index is -0.260. The van der Waals surface area contributed by atoms with E-state index in [1.807, 2.05) is 53.6 Å². The van der Waals surface area contributed by atoms with Crippen molar-refractivity contribution in [2.24, 2.45) is 5.92 Å². The fraction of sp³-hybridized carbons (Fsp3) is 0.455. The zero-order valence-electron chi connectivity index (χ0n) is 16.1. The molecule has 2 fully saturated rings. The molecule has 1 N–H and O–H groups in total.